The van der Waals surface area contributed by atoms with Gasteiger partial charge < -0.3 is 4.40 Å². The molecule has 1 aromatic carbocycles. The van der Waals surface area contributed by atoms with Crippen LogP contribution >= 0.6 is 0 Å². The van der Waals surface area contributed by atoms with Crippen molar-refractivity contribution in [2.24, 2.45) is 0 Å². The number of nitrogens with zero attached hydrogens (tertiary/aromatic N) is 4. The van der Waals surface area contributed by atoms with Crippen LogP contribution in [0.5, 0.6) is 0 Å². The van der Waals surface area contributed by atoms with E-state index in [2.05, 4.69) is 9.97 Å². The molecule has 3 heterocycles. The van der Waals surface area contributed by atoms with Gasteiger partial charge in [-0.25, -0.2) is 9.97 Å². The summed E-state index contributed by atoms with van der Waals surface area (Å²) in [5.74, 6) is 0. The standard InChI is InChI=1S/C17H14N4O/c1-12-5-4-6-14-16(12)18-11-21(17(14)22)10-13-9-20-8-3-2-7-15(20)19-13/h2-9,11H,10H2,1H3. The van der Waals surface area contributed by atoms with Crippen LogP contribution in [-0.2, 0) is 6.54 Å². The molecule has 0 aliphatic rings. The van der Waals surface area contributed by atoms with Gasteiger partial charge in [0.2, 0.25) is 0 Å². The van der Waals surface area contributed by atoms with E-state index >= 15 is 0 Å². The lowest BCUT2D eigenvalue weighted by Crippen LogP contribution is -2.21. The molecule has 0 saturated carbocycles. The zero-order valence-corrected chi connectivity index (χ0v) is 12.1. The summed E-state index contributed by atoms with van der Waals surface area (Å²) >= 11 is 0. The van der Waals surface area contributed by atoms with Gasteiger partial charge in [0.25, 0.3) is 5.56 Å². The van der Waals surface area contributed by atoms with Crippen molar-refractivity contribution in [1.82, 2.24) is 18.9 Å². The van der Waals surface area contributed by atoms with Gasteiger partial charge in [-0.05, 0) is 30.7 Å². The lowest BCUT2D eigenvalue weighted by molar-refractivity contribution is 0.734. The van der Waals surface area contributed by atoms with Crippen molar-refractivity contribution in [2.45, 2.75) is 13.5 Å². The fraction of sp³-hybridized carbons (Fsp3) is 0.118. The lowest BCUT2D eigenvalue weighted by atomic mass is 10.1. The predicted molar refractivity (Wildman–Crippen MR) is 85.0 cm³/mol. The summed E-state index contributed by atoms with van der Waals surface area (Å²) in [6, 6.07) is 11.5. The second-order valence-corrected chi connectivity index (χ2v) is 5.35. The Balaban J connectivity index is 1.81. The number of benzene rings is 1. The Morgan fingerprint density at radius 2 is 2.05 bits per heavy atom. The first kappa shape index (κ1) is 12.8. The van der Waals surface area contributed by atoms with Crippen molar-refractivity contribution in [1.29, 1.82) is 0 Å². The van der Waals surface area contributed by atoms with Gasteiger partial charge in [0.1, 0.15) is 5.65 Å². The number of pyridine rings is 1. The molecular formula is C17H14N4O. The van der Waals surface area contributed by atoms with Gasteiger partial charge in [0.05, 0.1) is 29.5 Å². The van der Waals surface area contributed by atoms with Crippen molar-refractivity contribution in [2.75, 3.05) is 0 Å². The van der Waals surface area contributed by atoms with Crippen molar-refractivity contribution in [3.63, 3.8) is 0 Å². The second kappa shape index (κ2) is 4.80. The first-order valence-corrected chi connectivity index (χ1v) is 7.10. The fourth-order valence-electron chi connectivity index (χ4n) is 2.69. The lowest BCUT2D eigenvalue weighted by Gasteiger charge is -2.06. The molecule has 4 rings (SSSR count). The number of imidazole rings is 1. The maximum absolute atomic E-state index is 12.6. The third-order valence-corrected chi connectivity index (χ3v) is 3.80. The number of hydrogen-bond acceptors (Lipinski definition) is 3. The third kappa shape index (κ3) is 1.98. The minimum Gasteiger partial charge on any atom is -0.307 e. The number of hydrogen-bond donors (Lipinski definition) is 0. The van der Waals surface area contributed by atoms with Gasteiger partial charge in [-0.3, -0.25) is 9.36 Å². The van der Waals surface area contributed by atoms with Gasteiger partial charge in [-0.15, -0.1) is 0 Å². The average molecular weight is 290 g/mol. The number of rotatable bonds is 2. The average Bonchev–Trinajstić information content (AvgIpc) is 2.93. The molecule has 0 aliphatic carbocycles. The highest BCUT2D eigenvalue weighted by Gasteiger charge is 2.08. The molecule has 0 radical (unpaired) electrons. The molecule has 108 valence electrons. The van der Waals surface area contributed by atoms with Gasteiger partial charge in [0, 0.05) is 12.4 Å². The first-order chi connectivity index (χ1) is 10.7. The van der Waals surface area contributed by atoms with Gasteiger partial charge in [0.15, 0.2) is 0 Å². The molecule has 0 atom stereocenters. The highest BCUT2D eigenvalue weighted by molar-refractivity contribution is 5.80. The van der Waals surface area contributed by atoms with E-state index in [1.807, 2.05) is 60.1 Å². The predicted octanol–water partition coefficient (Wildman–Crippen LogP) is 2.40. The van der Waals surface area contributed by atoms with Crippen LogP contribution in [0.1, 0.15) is 11.3 Å². The Morgan fingerprint density at radius 1 is 1.14 bits per heavy atom. The highest BCUT2D eigenvalue weighted by Crippen LogP contribution is 2.12. The molecule has 0 amide bonds. The van der Waals surface area contributed by atoms with E-state index in [-0.39, 0.29) is 5.56 Å². The molecule has 0 bridgehead atoms. The topological polar surface area (TPSA) is 52.2 Å². The minimum absolute atomic E-state index is 0.0363. The maximum Gasteiger partial charge on any atom is 0.261 e. The summed E-state index contributed by atoms with van der Waals surface area (Å²) in [6.45, 7) is 2.37. The van der Waals surface area contributed by atoms with E-state index in [9.17, 15) is 4.79 Å². The Bertz CT molecular complexity index is 1010. The molecule has 0 saturated heterocycles. The van der Waals surface area contributed by atoms with Crippen LogP contribution < -0.4 is 5.56 Å². The van der Waals surface area contributed by atoms with Gasteiger partial charge in [-0.1, -0.05) is 18.2 Å². The van der Waals surface area contributed by atoms with E-state index < -0.39 is 0 Å². The molecule has 0 spiro atoms. The Hall–Kier alpha value is -2.95. The highest BCUT2D eigenvalue weighted by atomic mass is 16.1. The van der Waals surface area contributed by atoms with Gasteiger partial charge in [-0.2, -0.15) is 0 Å². The van der Waals surface area contributed by atoms with Crippen LogP contribution in [0.2, 0.25) is 0 Å². The second-order valence-electron chi connectivity index (χ2n) is 5.35. The molecular weight excluding hydrogens is 276 g/mol. The Morgan fingerprint density at radius 3 is 2.91 bits per heavy atom. The van der Waals surface area contributed by atoms with E-state index in [1.54, 1.807) is 10.9 Å². The van der Waals surface area contributed by atoms with Crippen LogP contribution in [0.4, 0.5) is 0 Å². The van der Waals surface area contributed by atoms with Crippen molar-refractivity contribution in [3.05, 3.63) is 76.7 Å². The van der Waals surface area contributed by atoms with Crippen molar-refractivity contribution >= 4 is 16.6 Å². The number of para-hydroxylation sites is 1. The van der Waals surface area contributed by atoms with E-state index in [0.717, 1.165) is 22.4 Å². The third-order valence-electron chi connectivity index (χ3n) is 3.80. The smallest absolute Gasteiger partial charge is 0.261 e. The van der Waals surface area contributed by atoms with E-state index in [0.29, 0.717) is 11.9 Å². The molecule has 0 unspecified atom stereocenters. The summed E-state index contributed by atoms with van der Waals surface area (Å²) in [7, 11) is 0. The zero-order valence-electron chi connectivity index (χ0n) is 12.1. The monoisotopic (exact) mass is 290 g/mol. The minimum atomic E-state index is -0.0363. The molecule has 5 heteroatoms. The molecule has 5 nitrogen and oxygen atoms in total. The quantitative estimate of drug-likeness (QED) is 0.569. The Kier molecular flexibility index (Phi) is 2.79. The summed E-state index contributed by atoms with van der Waals surface area (Å²) in [6.07, 6.45) is 5.47. The van der Waals surface area contributed by atoms with Crippen LogP contribution in [0.25, 0.3) is 16.6 Å². The summed E-state index contributed by atoms with van der Waals surface area (Å²) in [5.41, 5.74) is 3.44. The molecule has 3 aromatic heterocycles. The van der Waals surface area contributed by atoms with Crippen LogP contribution in [0.15, 0.2) is 59.9 Å². The normalized spacial score (nSPS) is 11.3. The fourth-order valence-corrected chi connectivity index (χ4v) is 2.69. The van der Waals surface area contributed by atoms with Crippen LogP contribution in [0, 0.1) is 6.92 Å². The van der Waals surface area contributed by atoms with Crippen molar-refractivity contribution in [3.8, 4) is 0 Å². The molecule has 4 aromatic rings. The SMILES string of the molecule is Cc1cccc2c(=O)n(Cc3cn4ccccc4n3)cnc12. The molecule has 0 aliphatic heterocycles. The zero-order chi connectivity index (χ0) is 15.1. The molecule has 22 heavy (non-hydrogen) atoms. The van der Waals surface area contributed by atoms with Crippen molar-refractivity contribution < 1.29 is 0 Å². The summed E-state index contributed by atoms with van der Waals surface area (Å²) < 4.78 is 3.54. The largest absolute Gasteiger partial charge is 0.307 e. The number of fused-ring (bicyclic) bond motifs is 2. The van der Waals surface area contributed by atoms with Crippen LogP contribution in [0.3, 0.4) is 0 Å². The van der Waals surface area contributed by atoms with Crippen LogP contribution in [-0.4, -0.2) is 18.9 Å². The number of aryl methyl sites for hydroxylation is 1. The summed E-state index contributed by atoms with van der Waals surface area (Å²) in [5, 5.41) is 0.645. The van der Waals surface area contributed by atoms with E-state index in [1.165, 1.54) is 0 Å². The van der Waals surface area contributed by atoms with E-state index in [4.69, 9.17) is 0 Å². The Labute approximate surface area is 126 Å². The number of aromatic nitrogens is 4. The summed E-state index contributed by atoms with van der Waals surface area (Å²) in [4.78, 5) is 21.5. The van der Waals surface area contributed by atoms with Gasteiger partial charge >= 0.3 is 0 Å². The maximum atomic E-state index is 12.6. The molecule has 0 N–H and O–H groups in total. The molecule has 0 fully saturated rings. The first-order valence-electron chi connectivity index (χ1n) is 7.10.